The van der Waals surface area contributed by atoms with Crippen molar-refractivity contribution in [1.82, 2.24) is 19.9 Å². The van der Waals surface area contributed by atoms with Crippen LogP contribution in [0.3, 0.4) is 0 Å². The van der Waals surface area contributed by atoms with E-state index in [1.54, 1.807) is 22.8 Å². The minimum absolute atomic E-state index is 0.100. The third kappa shape index (κ3) is 2.27. The Morgan fingerprint density at radius 1 is 1.59 bits per heavy atom. The normalized spacial score (nSPS) is 19.6. The lowest BCUT2D eigenvalue weighted by molar-refractivity contribution is -0.136. The molecule has 17 heavy (non-hydrogen) atoms. The average molecular weight is 237 g/mol. The van der Waals surface area contributed by atoms with E-state index in [9.17, 15) is 9.59 Å². The summed E-state index contributed by atoms with van der Waals surface area (Å²) < 4.78 is 1.55. The van der Waals surface area contributed by atoms with Crippen LogP contribution < -0.4 is 5.73 Å². The van der Waals surface area contributed by atoms with Crippen molar-refractivity contribution in [3.63, 3.8) is 0 Å². The van der Waals surface area contributed by atoms with E-state index in [1.807, 2.05) is 0 Å². The number of carbonyl (C=O) groups is 2. The number of nitrogens with two attached hydrogens (primary N) is 1. The van der Waals surface area contributed by atoms with E-state index in [1.165, 1.54) is 0 Å². The number of aryl methyl sites for hydroxylation is 1. The summed E-state index contributed by atoms with van der Waals surface area (Å²) in [6, 6.07) is -0.455. The van der Waals surface area contributed by atoms with Gasteiger partial charge < -0.3 is 10.6 Å². The molecule has 1 aliphatic rings. The Bertz CT molecular complexity index is 442. The standard InChI is InChI=1S/C10H15N5O2/c1-14-7(6-12-13-14)5-9(16)15-4-2-3-8(15)10(11)17/h6,8H,2-5H2,1H3,(H2,11,17). The number of hydrogen-bond donors (Lipinski definition) is 1. The summed E-state index contributed by atoms with van der Waals surface area (Å²) in [4.78, 5) is 24.8. The molecule has 1 fully saturated rings. The van der Waals surface area contributed by atoms with Gasteiger partial charge in [-0.15, -0.1) is 5.10 Å². The molecule has 2 N–H and O–H groups in total. The Labute approximate surface area is 98.6 Å². The lowest BCUT2D eigenvalue weighted by Crippen LogP contribution is -2.44. The van der Waals surface area contributed by atoms with Crippen molar-refractivity contribution < 1.29 is 9.59 Å². The fraction of sp³-hybridized carbons (Fsp3) is 0.600. The summed E-state index contributed by atoms with van der Waals surface area (Å²) in [6.07, 6.45) is 3.23. The Balaban J connectivity index is 2.05. The molecule has 1 aromatic rings. The summed E-state index contributed by atoms with van der Waals surface area (Å²) in [5.41, 5.74) is 5.99. The summed E-state index contributed by atoms with van der Waals surface area (Å²) >= 11 is 0. The molecule has 1 saturated heterocycles. The van der Waals surface area contributed by atoms with Crippen molar-refractivity contribution >= 4 is 11.8 Å². The predicted octanol–water partition coefficient (Wildman–Crippen LogP) is -1.17. The highest BCUT2D eigenvalue weighted by Crippen LogP contribution is 2.18. The van der Waals surface area contributed by atoms with E-state index in [4.69, 9.17) is 5.73 Å². The predicted molar refractivity (Wildman–Crippen MR) is 58.6 cm³/mol. The fourth-order valence-corrected chi connectivity index (χ4v) is 2.09. The molecule has 0 spiro atoms. The number of amides is 2. The number of primary amides is 1. The van der Waals surface area contributed by atoms with Gasteiger partial charge in [0.15, 0.2) is 0 Å². The molecule has 92 valence electrons. The van der Waals surface area contributed by atoms with Gasteiger partial charge in [0.2, 0.25) is 11.8 Å². The number of rotatable bonds is 3. The first-order chi connectivity index (χ1) is 8.09. The van der Waals surface area contributed by atoms with Crippen molar-refractivity contribution in [1.29, 1.82) is 0 Å². The maximum Gasteiger partial charge on any atom is 0.240 e. The molecule has 0 saturated carbocycles. The molecular weight excluding hydrogens is 222 g/mol. The Morgan fingerprint density at radius 2 is 2.35 bits per heavy atom. The highest BCUT2D eigenvalue weighted by molar-refractivity contribution is 5.87. The molecule has 2 heterocycles. The quantitative estimate of drug-likeness (QED) is 0.717. The van der Waals surface area contributed by atoms with Crippen LogP contribution in [0.5, 0.6) is 0 Å². The largest absolute Gasteiger partial charge is 0.368 e. The minimum Gasteiger partial charge on any atom is -0.368 e. The van der Waals surface area contributed by atoms with E-state index in [0.717, 1.165) is 12.1 Å². The molecule has 0 aliphatic carbocycles. The van der Waals surface area contributed by atoms with Crippen LogP contribution in [-0.4, -0.2) is 44.3 Å². The van der Waals surface area contributed by atoms with Crippen molar-refractivity contribution in [3.05, 3.63) is 11.9 Å². The second kappa shape index (κ2) is 4.52. The summed E-state index contributed by atoms with van der Waals surface area (Å²) in [7, 11) is 1.73. The van der Waals surface area contributed by atoms with Gasteiger partial charge in [-0.2, -0.15) is 0 Å². The zero-order valence-corrected chi connectivity index (χ0v) is 9.67. The van der Waals surface area contributed by atoms with Crippen molar-refractivity contribution in [2.24, 2.45) is 12.8 Å². The van der Waals surface area contributed by atoms with E-state index >= 15 is 0 Å². The molecule has 0 bridgehead atoms. The van der Waals surface area contributed by atoms with Gasteiger partial charge >= 0.3 is 0 Å². The topological polar surface area (TPSA) is 94.1 Å². The highest BCUT2D eigenvalue weighted by Gasteiger charge is 2.32. The molecule has 1 aliphatic heterocycles. The highest BCUT2D eigenvalue weighted by atomic mass is 16.2. The number of nitrogens with zero attached hydrogens (tertiary/aromatic N) is 4. The van der Waals surface area contributed by atoms with Crippen LogP contribution in [0.25, 0.3) is 0 Å². The van der Waals surface area contributed by atoms with Gasteiger partial charge in [-0.25, -0.2) is 0 Å². The first kappa shape index (κ1) is 11.6. The van der Waals surface area contributed by atoms with Crippen LogP contribution in [0.1, 0.15) is 18.5 Å². The molecule has 0 aromatic carbocycles. The molecule has 7 nitrogen and oxygen atoms in total. The first-order valence-electron chi connectivity index (χ1n) is 5.52. The number of aromatic nitrogens is 3. The Kier molecular flexibility index (Phi) is 3.08. The Hall–Kier alpha value is -1.92. The zero-order valence-electron chi connectivity index (χ0n) is 9.67. The lowest BCUT2D eigenvalue weighted by atomic mass is 10.2. The van der Waals surface area contributed by atoms with Crippen molar-refractivity contribution in [2.45, 2.75) is 25.3 Å². The molecule has 1 atom stereocenters. The molecular formula is C10H15N5O2. The number of likely N-dealkylation sites (tertiary alicyclic amines) is 1. The minimum atomic E-state index is -0.455. The van der Waals surface area contributed by atoms with Crippen molar-refractivity contribution in [2.75, 3.05) is 6.54 Å². The summed E-state index contributed by atoms with van der Waals surface area (Å²) in [5, 5.41) is 7.46. The monoisotopic (exact) mass is 237 g/mol. The SMILES string of the molecule is Cn1nncc1CC(=O)N1CCCC1C(N)=O. The molecule has 1 aromatic heterocycles. The van der Waals surface area contributed by atoms with E-state index in [2.05, 4.69) is 10.3 Å². The van der Waals surface area contributed by atoms with Crippen molar-refractivity contribution in [3.8, 4) is 0 Å². The van der Waals surface area contributed by atoms with E-state index in [0.29, 0.717) is 13.0 Å². The van der Waals surface area contributed by atoms with E-state index in [-0.39, 0.29) is 12.3 Å². The number of carbonyl (C=O) groups excluding carboxylic acids is 2. The summed E-state index contributed by atoms with van der Waals surface area (Å²) in [5.74, 6) is -0.532. The fourth-order valence-electron chi connectivity index (χ4n) is 2.09. The first-order valence-corrected chi connectivity index (χ1v) is 5.52. The van der Waals surface area contributed by atoms with Crippen LogP contribution in [-0.2, 0) is 23.1 Å². The maximum absolute atomic E-state index is 12.0. The van der Waals surface area contributed by atoms with Gasteiger partial charge in [0.05, 0.1) is 18.3 Å². The van der Waals surface area contributed by atoms with Crippen LogP contribution in [0.2, 0.25) is 0 Å². The molecule has 7 heteroatoms. The number of hydrogen-bond acceptors (Lipinski definition) is 4. The third-order valence-electron chi connectivity index (χ3n) is 3.04. The average Bonchev–Trinajstić information content (AvgIpc) is 2.87. The van der Waals surface area contributed by atoms with Crippen LogP contribution in [0.15, 0.2) is 6.20 Å². The Morgan fingerprint density at radius 3 is 2.94 bits per heavy atom. The van der Waals surface area contributed by atoms with Gasteiger partial charge in [0.1, 0.15) is 6.04 Å². The van der Waals surface area contributed by atoms with Gasteiger partial charge in [0.25, 0.3) is 0 Å². The zero-order chi connectivity index (χ0) is 12.4. The molecule has 1 unspecified atom stereocenters. The summed E-state index contributed by atoms with van der Waals surface area (Å²) in [6.45, 7) is 0.595. The lowest BCUT2D eigenvalue weighted by Gasteiger charge is -2.21. The second-order valence-electron chi connectivity index (χ2n) is 4.17. The third-order valence-corrected chi connectivity index (χ3v) is 3.04. The van der Waals surface area contributed by atoms with Gasteiger partial charge in [-0.05, 0) is 12.8 Å². The second-order valence-corrected chi connectivity index (χ2v) is 4.17. The smallest absolute Gasteiger partial charge is 0.240 e. The van der Waals surface area contributed by atoms with Gasteiger partial charge in [-0.1, -0.05) is 5.21 Å². The molecule has 0 radical (unpaired) electrons. The van der Waals surface area contributed by atoms with E-state index < -0.39 is 11.9 Å². The van der Waals surface area contributed by atoms with Crippen LogP contribution >= 0.6 is 0 Å². The van der Waals surface area contributed by atoms with Gasteiger partial charge in [-0.3, -0.25) is 14.3 Å². The maximum atomic E-state index is 12.0. The van der Waals surface area contributed by atoms with Crippen LogP contribution in [0.4, 0.5) is 0 Å². The van der Waals surface area contributed by atoms with Crippen LogP contribution in [0, 0.1) is 0 Å². The molecule has 2 amide bonds. The molecule has 2 rings (SSSR count). The van der Waals surface area contributed by atoms with Gasteiger partial charge in [0, 0.05) is 13.6 Å².